The second-order valence-corrected chi connectivity index (χ2v) is 3.92. The molecule has 0 bridgehead atoms. The lowest BCUT2D eigenvalue weighted by Gasteiger charge is -2.11. The predicted octanol–water partition coefficient (Wildman–Crippen LogP) is 1.93. The highest BCUT2D eigenvalue weighted by atomic mass is 16.6. The average Bonchev–Trinajstić information content (AvgIpc) is 2.35. The van der Waals surface area contributed by atoms with Crippen molar-refractivity contribution < 1.29 is 23.9 Å². The average molecular weight is 269 g/mol. The van der Waals surface area contributed by atoms with Crippen molar-refractivity contribution in [3.63, 3.8) is 0 Å². The number of nitrogens with zero attached hydrogens (tertiary/aromatic N) is 1. The zero-order chi connectivity index (χ0) is 14.4. The number of methoxy groups -OCH3 is 1. The summed E-state index contributed by atoms with van der Waals surface area (Å²) in [6.07, 6.45) is -0.227. The Hall–Kier alpha value is -2.31. The van der Waals surface area contributed by atoms with Gasteiger partial charge in [-0.25, -0.2) is 4.79 Å². The van der Waals surface area contributed by atoms with Gasteiger partial charge in [0.2, 0.25) is 0 Å². The largest absolute Gasteiger partial charge is 0.493 e. The maximum atomic E-state index is 11.3. The molecule has 0 heterocycles. The fraction of sp³-hybridized carbons (Fsp3) is 0.417. The Balaban J connectivity index is 2.73. The van der Waals surface area contributed by atoms with Crippen LogP contribution in [-0.4, -0.2) is 30.7 Å². The molecule has 0 saturated carbocycles. The van der Waals surface area contributed by atoms with Crippen molar-refractivity contribution >= 4 is 11.7 Å². The van der Waals surface area contributed by atoms with Gasteiger partial charge in [0.1, 0.15) is 0 Å². The summed E-state index contributed by atoms with van der Waals surface area (Å²) in [5.74, 6) is -0.0873. The van der Waals surface area contributed by atoms with E-state index in [2.05, 4.69) is 0 Å². The van der Waals surface area contributed by atoms with Gasteiger partial charge in [0.25, 0.3) is 5.69 Å². The fourth-order valence-corrected chi connectivity index (χ4v) is 1.32. The van der Waals surface area contributed by atoms with Crippen molar-refractivity contribution in [2.24, 2.45) is 0 Å². The topological polar surface area (TPSA) is 87.9 Å². The highest BCUT2D eigenvalue weighted by Gasteiger charge is 2.14. The monoisotopic (exact) mass is 269 g/mol. The van der Waals surface area contributed by atoms with Crippen molar-refractivity contribution in [2.75, 3.05) is 13.7 Å². The van der Waals surface area contributed by atoms with E-state index >= 15 is 0 Å². The van der Waals surface area contributed by atoms with Crippen LogP contribution in [0.1, 0.15) is 13.8 Å². The molecule has 0 aromatic heterocycles. The molecule has 7 heteroatoms. The van der Waals surface area contributed by atoms with E-state index in [0.29, 0.717) is 0 Å². The number of benzene rings is 1. The Morgan fingerprint density at radius 3 is 2.58 bits per heavy atom. The number of hydrogen-bond donors (Lipinski definition) is 0. The van der Waals surface area contributed by atoms with Crippen LogP contribution >= 0.6 is 0 Å². The number of carbonyl (C=O) groups excluding carboxylic acids is 1. The highest BCUT2D eigenvalue weighted by Crippen LogP contribution is 2.30. The minimum Gasteiger partial charge on any atom is -0.493 e. The lowest BCUT2D eigenvalue weighted by molar-refractivity contribution is -0.384. The summed E-state index contributed by atoms with van der Waals surface area (Å²) in [6.45, 7) is 3.17. The maximum absolute atomic E-state index is 11.3. The predicted molar refractivity (Wildman–Crippen MR) is 66.4 cm³/mol. The van der Waals surface area contributed by atoms with Gasteiger partial charge in [-0.3, -0.25) is 10.1 Å². The van der Waals surface area contributed by atoms with Crippen molar-refractivity contribution in [3.05, 3.63) is 28.3 Å². The first-order chi connectivity index (χ1) is 8.93. The third-order valence-electron chi connectivity index (χ3n) is 2.07. The number of non-ortho nitro benzene ring substituents is 1. The number of carbonyl (C=O) groups is 1. The molecule has 19 heavy (non-hydrogen) atoms. The van der Waals surface area contributed by atoms with Crippen molar-refractivity contribution in [3.8, 4) is 11.5 Å². The summed E-state index contributed by atoms with van der Waals surface area (Å²) in [7, 11) is 1.36. The summed E-state index contributed by atoms with van der Waals surface area (Å²) in [6, 6.07) is 3.87. The third-order valence-corrected chi connectivity index (χ3v) is 2.07. The van der Waals surface area contributed by atoms with Crippen molar-refractivity contribution in [2.45, 2.75) is 20.0 Å². The molecular weight excluding hydrogens is 254 g/mol. The van der Waals surface area contributed by atoms with Gasteiger partial charge in [-0.2, -0.15) is 0 Å². The molecule has 0 aliphatic rings. The molecule has 0 aliphatic carbocycles. The summed E-state index contributed by atoms with van der Waals surface area (Å²) in [5, 5.41) is 10.6. The van der Waals surface area contributed by atoms with Gasteiger partial charge in [0, 0.05) is 6.07 Å². The quantitative estimate of drug-likeness (QED) is 0.445. The molecular formula is C12H15NO6. The molecule has 0 unspecified atom stereocenters. The van der Waals surface area contributed by atoms with Gasteiger partial charge in [-0.05, 0) is 19.9 Å². The van der Waals surface area contributed by atoms with Crippen LogP contribution in [0.25, 0.3) is 0 Å². The first-order valence-corrected chi connectivity index (χ1v) is 5.58. The molecule has 0 aliphatic heterocycles. The number of nitro benzene ring substituents is 1. The molecule has 7 nitrogen and oxygen atoms in total. The SMILES string of the molecule is COc1cc([N+](=O)[O-])ccc1OCC(=O)OC(C)C. The Morgan fingerprint density at radius 2 is 2.05 bits per heavy atom. The minimum atomic E-state index is -0.542. The van der Waals surface area contributed by atoms with Crippen LogP contribution in [0.2, 0.25) is 0 Å². The zero-order valence-corrected chi connectivity index (χ0v) is 10.9. The Kier molecular flexibility index (Phi) is 5.11. The van der Waals surface area contributed by atoms with Crippen molar-refractivity contribution in [1.82, 2.24) is 0 Å². The standard InChI is InChI=1S/C12H15NO6/c1-8(2)19-12(14)7-18-10-5-4-9(13(15)16)6-11(10)17-3/h4-6,8H,7H2,1-3H3. The molecule has 1 aromatic carbocycles. The number of hydrogen-bond acceptors (Lipinski definition) is 6. The Labute approximate surface area is 110 Å². The molecule has 0 spiro atoms. The molecule has 0 radical (unpaired) electrons. The highest BCUT2D eigenvalue weighted by molar-refractivity contribution is 5.71. The fourth-order valence-electron chi connectivity index (χ4n) is 1.32. The van der Waals surface area contributed by atoms with Crippen LogP contribution in [0.5, 0.6) is 11.5 Å². The van der Waals surface area contributed by atoms with Gasteiger partial charge in [0.05, 0.1) is 24.2 Å². The van der Waals surface area contributed by atoms with Crippen LogP contribution in [0.15, 0.2) is 18.2 Å². The number of nitro groups is 1. The summed E-state index contributed by atoms with van der Waals surface area (Å²) in [4.78, 5) is 21.4. The van der Waals surface area contributed by atoms with Crippen LogP contribution in [0, 0.1) is 10.1 Å². The summed E-state index contributed by atoms with van der Waals surface area (Å²) >= 11 is 0. The van der Waals surface area contributed by atoms with Gasteiger partial charge < -0.3 is 14.2 Å². The Morgan fingerprint density at radius 1 is 1.37 bits per heavy atom. The number of ether oxygens (including phenoxy) is 3. The lowest BCUT2D eigenvalue weighted by atomic mass is 10.3. The van der Waals surface area contributed by atoms with E-state index in [4.69, 9.17) is 14.2 Å². The van der Waals surface area contributed by atoms with Gasteiger partial charge in [-0.1, -0.05) is 0 Å². The van der Waals surface area contributed by atoms with Crippen LogP contribution in [-0.2, 0) is 9.53 Å². The normalized spacial score (nSPS) is 10.1. The second-order valence-electron chi connectivity index (χ2n) is 3.92. The third kappa shape index (κ3) is 4.46. The minimum absolute atomic E-state index is 0.117. The van der Waals surface area contributed by atoms with Crippen LogP contribution < -0.4 is 9.47 Å². The summed E-state index contributed by atoms with van der Waals surface area (Å²) < 4.78 is 15.1. The van der Waals surface area contributed by atoms with Gasteiger partial charge >= 0.3 is 5.97 Å². The molecule has 0 atom stereocenters. The van der Waals surface area contributed by atoms with E-state index in [1.54, 1.807) is 13.8 Å². The molecule has 0 fully saturated rings. The number of esters is 1. The molecule has 104 valence electrons. The zero-order valence-electron chi connectivity index (χ0n) is 10.9. The molecule has 0 N–H and O–H groups in total. The van der Waals surface area contributed by atoms with Crippen LogP contribution in [0.4, 0.5) is 5.69 Å². The van der Waals surface area contributed by atoms with E-state index in [0.717, 1.165) is 0 Å². The lowest BCUT2D eigenvalue weighted by Crippen LogP contribution is -2.18. The first-order valence-electron chi connectivity index (χ1n) is 5.58. The molecule has 1 rings (SSSR count). The summed E-state index contributed by atoms with van der Waals surface area (Å²) in [5.41, 5.74) is -0.117. The van der Waals surface area contributed by atoms with Crippen molar-refractivity contribution in [1.29, 1.82) is 0 Å². The first kappa shape index (κ1) is 14.7. The van der Waals surface area contributed by atoms with E-state index in [1.807, 2.05) is 0 Å². The Bertz CT molecular complexity index is 471. The molecule has 0 amide bonds. The smallest absolute Gasteiger partial charge is 0.344 e. The van der Waals surface area contributed by atoms with Gasteiger partial charge in [0.15, 0.2) is 18.1 Å². The van der Waals surface area contributed by atoms with E-state index < -0.39 is 10.9 Å². The number of rotatable bonds is 6. The van der Waals surface area contributed by atoms with E-state index in [1.165, 1.54) is 25.3 Å². The second kappa shape index (κ2) is 6.58. The molecule has 1 aromatic rings. The van der Waals surface area contributed by atoms with Crippen LogP contribution in [0.3, 0.4) is 0 Å². The van der Waals surface area contributed by atoms with E-state index in [9.17, 15) is 14.9 Å². The van der Waals surface area contributed by atoms with Gasteiger partial charge in [-0.15, -0.1) is 0 Å². The maximum Gasteiger partial charge on any atom is 0.344 e. The van der Waals surface area contributed by atoms with E-state index in [-0.39, 0.29) is 29.9 Å². The molecule has 0 saturated heterocycles.